The average Bonchev–Trinajstić information content (AvgIpc) is 2.92. The molecule has 4 rings (SSSR count). The minimum Gasteiger partial charge on any atom is -0.334 e. The van der Waals surface area contributed by atoms with Gasteiger partial charge < -0.3 is 4.57 Å². The number of hydrogen-bond acceptors (Lipinski definition) is 2. The van der Waals surface area contributed by atoms with Gasteiger partial charge in [0.2, 0.25) is 9.84 Å². The summed E-state index contributed by atoms with van der Waals surface area (Å²) in [5.74, 6) is 0. The molecular formula is C19H15NO2S. The van der Waals surface area contributed by atoms with Crippen molar-refractivity contribution in [2.24, 2.45) is 7.05 Å². The summed E-state index contributed by atoms with van der Waals surface area (Å²) in [7, 11) is -1.80. The maximum absolute atomic E-state index is 13.2. The van der Waals surface area contributed by atoms with Gasteiger partial charge in [-0.2, -0.15) is 0 Å². The molecule has 0 amide bonds. The summed E-state index contributed by atoms with van der Waals surface area (Å²) < 4.78 is 28.2. The second-order valence-corrected chi connectivity index (χ2v) is 7.45. The Morgan fingerprint density at radius 1 is 0.783 bits per heavy atom. The van der Waals surface area contributed by atoms with Crippen LogP contribution < -0.4 is 0 Å². The molecule has 0 saturated heterocycles. The van der Waals surface area contributed by atoms with E-state index >= 15 is 0 Å². The fourth-order valence-corrected chi connectivity index (χ4v) is 4.76. The third-order valence-corrected chi connectivity index (χ3v) is 6.10. The first kappa shape index (κ1) is 14.0. The van der Waals surface area contributed by atoms with Crippen LogP contribution in [0.4, 0.5) is 0 Å². The monoisotopic (exact) mass is 321 g/mol. The predicted molar refractivity (Wildman–Crippen MR) is 92.3 cm³/mol. The quantitative estimate of drug-likeness (QED) is 0.556. The van der Waals surface area contributed by atoms with Crippen molar-refractivity contribution in [2.45, 2.75) is 9.92 Å². The zero-order chi connectivity index (χ0) is 16.0. The molecule has 1 aromatic heterocycles. The van der Waals surface area contributed by atoms with Crippen LogP contribution in [-0.2, 0) is 16.9 Å². The molecule has 114 valence electrons. The standard InChI is InChI=1S/C19H15NO2S/c1-20-17-11-5-3-8-15(17)13-19(20)23(21,22)18-12-6-9-14-7-2-4-10-16(14)18/h2-13H,1H3. The van der Waals surface area contributed by atoms with Gasteiger partial charge in [0.25, 0.3) is 0 Å². The van der Waals surface area contributed by atoms with Gasteiger partial charge in [0.05, 0.1) is 4.90 Å². The summed E-state index contributed by atoms with van der Waals surface area (Å²) in [5.41, 5.74) is 0.909. The first-order valence-corrected chi connectivity index (χ1v) is 8.85. The van der Waals surface area contributed by atoms with Crippen LogP contribution in [0.3, 0.4) is 0 Å². The number of fused-ring (bicyclic) bond motifs is 2. The smallest absolute Gasteiger partial charge is 0.222 e. The van der Waals surface area contributed by atoms with Gasteiger partial charge in [0.15, 0.2) is 0 Å². The Kier molecular flexibility index (Phi) is 3.03. The lowest BCUT2D eigenvalue weighted by Gasteiger charge is -2.09. The first-order chi connectivity index (χ1) is 11.1. The van der Waals surface area contributed by atoms with E-state index in [9.17, 15) is 8.42 Å². The van der Waals surface area contributed by atoms with Crippen molar-refractivity contribution < 1.29 is 8.42 Å². The largest absolute Gasteiger partial charge is 0.334 e. The van der Waals surface area contributed by atoms with Gasteiger partial charge in [-0.3, -0.25) is 0 Å². The molecule has 0 aliphatic rings. The Hall–Kier alpha value is -2.59. The molecule has 3 nitrogen and oxygen atoms in total. The average molecular weight is 321 g/mol. The van der Waals surface area contributed by atoms with E-state index < -0.39 is 9.84 Å². The number of aryl methyl sites for hydroxylation is 1. The fourth-order valence-electron chi connectivity index (χ4n) is 3.06. The topological polar surface area (TPSA) is 39.1 Å². The lowest BCUT2D eigenvalue weighted by molar-refractivity contribution is 0.588. The van der Waals surface area contributed by atoms with Crippen molar-refractivity contribution in [3.63, 3.8) is 0 Å². The Bertz CT molecular complexity index is 1140. The Morgan fingerprint density at radius 2 is 1.43 bits per heavy atom. The molecule has 4 aromatic rings. The summed E-state index contributed by atoms with van der Waals surface area (Å²) in [6.07, 6.45) is 0. The van der Waals surface area contributed by atoms with Crippen molar-refractivity contribution in [1.29, 1.82) is 0 Å². The molecule has 0 aliphatic heterocycles. The number of rotatable bonds is 2. The zero-order valence-corrected chi connectivity index (χ0v) is 13.4. The lowest BCUT2D eigenvalue weighted by Crippen LogP contribution is -2.07. The van der Waals surface area contributed by atoms with Crippen molar-refractivity contribution in [3.8, 4) is 0 Å². The summed E-state index contributed by atoms with van der Waals surface area (Å²) in [6.45, 7) is 0. The van der Waals surface area contributed by atoms with E-state index in [1.807, 2.05) is 54.6 Å². The molecule has 3 aromatic carbocycles. The van der Waals surface area contributed by atoms with Crippen LogP contribution in [0.2, 0.25) is 0 Å². The van der Waals surface area contributed by atoms with Crippen molar-refractivity contribution in [3.05, 3.63) is 72.8 Å². The number of para-hydroxylation sites is 1. The first-order valence-electron chi connectivity index (χ1n) is 7.36. The third-order valence-electron chi connectivity index (χ3n) is 4.22. The van der Waals surface area contributed by atoms with Crippen molar-refractivity contribution >= 4 is 31.5 Å². The van der Waals surface area contributed by atoms with Crippen LogP contribution in [0.5, 0.6) is 0 Å². The van der Waals surface area contributed by atoms with E-state index in [2.05, 4.69) is 0 Å². The lowest BCUT2D eigenvalue weighted by atomic mass is 10.1. The molecule has 4 heteroatoms. The molecule has 23 heavy (non-hydrogen) atoms. The molecular weight excluding hydrogens is 306 g/mol. The van der Waals surface area contributed by atoms with E-state index in [0.29, 0.717) is 9.92 Å². The van der Waals surface area contributed by atoms with Gasteiger partial charge in [-0.25, -0.2) is 8.42 Å². The highest BCUT2D eigenvalue weighted by Crippen LogP contribution is 2.31. The summed E-state index contributed by atoms with van der Waals surface area (Å²) in [6, 6.07) is 22.4. The number of hydrogen-bond donors (Lipinski definition) is 0. The highest BCUT2D eigenvalue weighted by Gasteiger charge is 2.24. The molecule has 0 fully saturated rings. The number of sulfone groups is 1. The van der Waals surface area contributed by atoms with Gasteiger partial charge in [-0.05, 0) is 23.6 Å². The molecule has 0 saturated carbocycles. The molecule has 0 unspecified atom stereocenters. The summed E-state index contributed by atoms with van der Waals surface area (Å²) in [5, 5.41) is 2.91. The second-order valence-electron chi connectivity index (χ2n) is 5.58. The highest BCUT2D eigenvalue weighted by molar-refractivity contribution is 7.91. The molecule has 1 heterocycles. The Labute approximate surface area is 134 Å². The normalized spacial score (nSPS) is 12.0. The van der Waals surface area contributed by atoms with Gasteiger partial charge in [0, 0.05) is 23.3 Å². The predicted octanol–water partition coefficient (Wildman–Crippen LogP) is 4.16. The Morgan fingerprint density at radius 3 is 2.22 bits per heavy atom. The van der Waals surface area contributed by atoms with Crippen LogP contribution in [0, 0.1) is 0 Å². The SMILES string of the molecule is Cn1c(S(=O)(=O)c2cccc3ccccc23)cc2ccccc21. The molecule has 0 atom stereocenters. The van der Waals surface area contributed by atoms with Crippen LogP contribution in [0.15, 0.2) is 82.7 Å². The van der Waals surface area contributed by atoms with Gasteiger partial charge in [-0.15, -0.1) is 0 Å². The van der Waals surface area contributed by atoms with E-state index in [1.165, 1.54) is 0 Å². The van der Waals surface area contributed by atoms with E-state index in [-0.39, 0.29) is 0 Å². The molecule has 0 spiro atoms. The molecule has 0 radical (unpaired) electrons. The van der Waals surface area contributed by atoms with Gasteiger partial charge in [0.1, 0.15) is 5.03 Å². The maximum atomic E-state index is 13.2. The molecule has 0 aliphatic carbocycles. The summed E-state index contributed by atoms with van der Waals surface area (Å²) >= 11 is 0. The van der Waals surface area contributed by atoms with Crippen LogP contribution in [0.1, 0.15) is 0 Å². The number of aromatic nitrogens is 1. The molecule has 0 bridgehead atoms. The number of nitrogens with zero attached hydrogens (tertiary/aromatic N) is 1. The minimum absolute atomic E-state index is 0.315. The van der Waals surface area contributed by atoms with E-state index in [1.54, 1.807) is 29.8 Å². The fraction of sp³-hybridized carbons (Fsp3) is 0.0526. The van der Waals surface area contributed by atoms with Crippen molar-refractivity contribution in [2.75, 3.05) is 0 Å². The van der Waals surface area contributed by atoms with Crippen molar-refractivity contribution in [1.82, 2.24) is 4.57 Å². The third kappa shape index (κ3) is 2.06. The van der Waals surface area contributed by atoms with Gasteiger partial charge in [-0.1, -0.05) is 54.6 Å². The van der Waals surface area contributed by atoms with Crippen LogP contribution in [-0.4, -0.2) is 13.0 Å². The maximum Gasteiger partial charge on any atom is 0.222 e. The highest BCUT2D eigenvalue weighted by atomic mass is 32.2. The molecule has 0 N–H and O–H groups in total. The van der Waals surface area contributed by atoms with E-state index in [0.717, 1.165) is 21.7 Å². The van der Waals surface area contributed by atoms with Crippen LogP contribution in [0.25, 0.3) is 21.7 Å². The second kappa shape index (κ2) is 4.96. The number of benzene rings is 3. The van der Waals surface area contributed by atoms with Gasteiger partial charge >= 0.3 is 0 Å². The zero-order valence-electron chi connectivity index (χ0n) is 12.6. The summed E-state index contributed by atoms with van der Waals surface area (Å²) in [4.78, 5) is 0.349. The van der Waals surface area contributed by atoms with E-state index in [4.69, 9.17) is 0 Å². The van der Waals surface area contributed by atoms with Crippen LogP contribution >= 0.6 is 0 Å². The Balaban J connectivity index is 2.04. The minimum atomic E-state index is -3.60.